The molecule has 0 radical (unpaired) electrons. The normalized spacial score (nSPS) is 13.6. The molecule has 0 unspecified atom stereocenters. The SMILES string of the molecule is CONc1cc2c(C)cc(=O)[nH]c2c2c1OCCO2. The number of anilines is 1. The first-order chi connectivity index (χ1) is 9.20. The number of benzene rings is 1. The molecule has 1 aliphatic rings. The van der Waals surface area contributed by atoms with Crippen LogP contribution in [-0.4, -0.2) is 25.3 Å². The minimum Gasteiger partial charge on any atom is -0.484 e. The number of hydrogen-bond acceptors (Lipinski definition) is 5. The molecule has 1 aromatic heterocycles. The number of ether oxygens (including phenoxy) is 2. The molecule has 3 rings (SSSR count). The Morgan fingerprint density at radius 3 is 2.74 bits per heavy atom. The molecular weight excluding hydrogens is 248 g/mol. The Morgan fingerprint density at radius 2 is 2.00 bits per heavy atom. The molecule has 0 saturated carbocycles. The van der Waals surface area contributed by atoms with Crippen LogP contribution in [0.15, 0.2) is 16.9 Å². The molecule has 6 heteroatoms. The monoisotopic (exact) mass is 262 g/mol. The first-order valence-corrected chi connectivity index (χ1v) is 5.96. The Morgan fingerprint density at radius 1 is 1.26 bits per heavy atom. The van der Waals surface area contributed by atoms with Crippen molar-refractivity contribution in [1.82, 2.24) is 4.98 Å². The molecule has 100 valence electrons. The molecule has 0 fully saturated rings. The van der Waals surface area contributed by atoms with Crippen LogP contribution < -0.4 is 20.5 Å². The third-order valence-electron chi connectivity index (χ3n) is 3.04. The largest absolute Gasteiger partial charge is 0.484 e. The average Bonchev–Trinajstić information content (AvgIpc) is 2.40. The zero-order valence-corrected chi connectivity index (χ0v) is 10.7. The van der Waals surface area contributed by atoms with Gasteiger partial charge in [0, 0.05) is 11.5 Å². The highest BCUT2D eigenvalue weighted by atomic mass is 16.6. The lowest BCUT2D eigenvalue weighted by molar-refractivity contribution is 0.172. The van der Waals surface area contributed by atoms with Gasteiger partial charge in [-0.1, -0.05) is 0 Å². The zero-order valence-electron chi connectivity index (χ0n) is 10.7. The summed E-state index contributed by atoms with van der Waals surface area (Å²) in [6, 6.07) is 3.42. The summed E-state index contributed by atoms with van der Waals surface area (Å²) in [7, 11) is 1.53. The highest BCUT2D eigenvalue weighted by Crippen LogP contribution is 2.43. The number of nitrogens with one attached hydrogen (secondary N) is 2. The fourth-order valence-corrected chi connectivity index (χ4v) is 2.26. The van der Waals surface area contributed by atoms with E-state index in [0.717, 1.165) is 10.9 Å². The second kappa shape index (κ2) is 4.47. The smallest absolute Gasteiger partial charge is 0.248 e. The van der Waals surface area contributed by atoms with Gasteiger partial charge in [0.2, 0.25) is 5.56 Å². The van der Waals surface area contributed by atoms with Crippen LogP contribution in [0.5, 0.6) is 11.5 Å². The maximum absolute atomic E-state index is 11.6. The van der Waals surface area contributed by atoms with Crippen LogP contribution in [0.2, 0.25) is 0 Å². The van der Waals surface area contributed by atoms with Gasteiger partial charge in [0.05, 0.1) is 12.6 Å². The summed E-state index contributed by atoms with van der Waals surface area (Å²) < 4.78 is 11.2. The van der Waals surface area contributed by atoms with Gasteiger partial charge in [-0.05, 0) is 18.6 Å². The van der Waals surface area contributed by atoms with Crippen molar-refractivity contribution in [3.63, 3.8) is 0 Å². The van der Waals surface area contributed by atoms with Gasteiger partial charge in [-0.25, -0.2) is 0 Å². The molecule has 0 atom stereocenters. The van der Waals surface area contributed by atoms with Gasteiger partial charge < -0.3 is 14.5 Å². The summed E-state index contributed by atoms with van der Waals surface area (Å²) in [6.45, 7) is 2.80. The summed E-state index contributed by atoms with van der Waals surface area (Å²) in [5.74, 6) is 1.10. The molecule has 0 aliphatic carbocycles. The molecule has 2 aromatic rings. The van der Waals surface area contributed by atoms with Gasteiger partial charge in [0.25, 0.3) is 0 Å². The summed E-state index contributed by atoms with van der Waals surface area (Å²) in [4.78, 5) is 19.4. The molecule has 6 nitrogen and oxygen atoms in total. The van der Waals surface area contributed by atoms with E-state index >= 15 is 0 Å². The number of hydrogen-bond donors (Lipinski definition) is 2. The van der Waals surface area contributed by atoms with Crippen LogP contribution in [0.1, 0.15) is 5.56 Å². The molecule has 2 heterocycles. The fraction of sp³-hybridized carbons (Fsp3) is 0.308. The van der Waals surface area contributed by atoms with Gasteiger partial charge in [-0.3, -0.25) is 15.1 Å². The van der Waals surface area contributed by atoms with Crippen LogP contribution >= 0.6 is 0 Å². The van der Waals surface area contributed by atoms with Crippen LogP contribution in [0.4, 0.5) is 5.69 Å². The van der Waals surface area contributed by atoms with Gasteiger partial charge in [-0.2, -0.15) is 0 Å². The molecule has 1 aromatic carbocycles. The van der Waals surface area contributed by atoms with Crippen molar-refractivity contribution in [1.29, 1.82) is 0 Å². The topological polar surface area (TPSA) is 72.6 Å². The van der Waals surface area contributed by atoms with Crippen molar-refractivity contribution >= 4 is 16.6 Å². The molecule has 0 bridgehead atoms. The zero-order chi connectivity index (χ0) is 13.4. The van der Waals surface area contributed by atoms with Crippen molar-refractivity contribution in [2.24, 2.45) is 0 Å². The number of aromatic nitrogens is 1. The Kier molecular flexibility index (Phi) is 2.79. The van der Waals surface area contributed by atoms with Crippen LogP contribution in [0.3, 0.4) is 0 Å². The van der Waals surface area contributed by atoms with Gasteiger partial charge in [0.1, 0.15) is 18.9 Å². The minimum absolute atomic E-state index is 0.158. The lowest BCUT2D eigenvalue weighted by atomic mass is 10.1. The van der Waals surface area contributed by atoms with E-state index < -0.39 is 0 Å². The van der Waals surface area contributed by atoms with Crippen molar-refractivity contribution in [3.8, 4) is 11.5 Å². The van der Waals surface area contributed by atoms with Crippen LogP contribution in [0.25, 0.3) is 10.9 Å². The molecule has 0 spiro atoms. The standard InChI is InChI=1S/C13H14N2O4/c1-7-5-10(16)14-11-8(7)6-9(15-17-2)12-13(11)19-4-3-18-12/h5-6,15H,3-4H2,1-2H3,(H,14,16). The van der Waals surface area contributed by atoms with Gasteiger partial charge in [-0.15, -0.1) is 0 Å². The Balaban J connectivity index is 2.37. The van der Waals surface area contributed by atoms with E-state index in [1.165, 1.54) is 7.11 Å². The van der Waals surface area contributed by atoms with E-state index in [1.807, 2.05) is 13.0 Å². The maximum Gasteiger partial charge on any atom is 0.248 e. The van der Waals surface area contributed by atoms with Crippen molar-refractivity contribution in [2.75, 3.05) is 25.8 Å². The second-order valence-electron chi connectivity index (χ2n) is 4.32. The molecule has 0 amide bonds. The highest BCUT2D eigenvalue weighted by Gasteiger charge is 2.21. The lowest BCUT2D eigenvalue weighted by Gasteiger charge is -2.23. The second-order valence-corrected chi connectivity index (χ2v) is 4.32. The summed E-state index contributed by atoms with van der Waals surface area (Å²) in [6.07, 6.45) is 0. The first kappa shape index (κ1) is 11.9. The Hall–Kier alpha value is -2.21. The third kappa shape index (κ3) is 1.90. The first-order valence-electron chi connectivity index (χ1n) is 5.96. The summed E-state index contributed by atoms with van der Waals surface area (Å²) in [5.41, 5.74) is 4.82. The quantitative estimate of drug-likeness (QED) is 0.804. The molecule has 2 N–H and O–H groups in total. The van der Waals surface area contributed by atoms with Crippen LogP contribution in [0, 0.1) is 6.92 Å². The fourth-order valence-electron chi connectivity index (χ4n) is 2.26. The molecule has 0 saturated heterocycles. The van der Waals surface area contributed by atoms with Crippen molar-refractivity contribution in [2.45, 2.75) is 6.92 Å². The molecule has 1 aliphatic heterocycles. The number of rotatable bonds is 2. The molecule has 19 heavy (non-hydrogen) atoms. The van der Waals surface area contributed by atoms with Crippen LogP contribution in [-0.2, 0) is 4.84 Å². The van der Waals surface area contributed by atoms with E-state index in [1.54, 1.807) is 6.07 Å². The number of aryl methyl sites for hydroxylation is 1. The maximum atomic E-state index is 11.6. The third-order valence-corrected chi connectivity index (χ3v) is 3.04. The van der Waals surface area contributed by atoms with E-state index in [2.05, 4.69) is 10.5 Å². The highest BCUT2D eigenvalue weighted by molar-refractivity contribution is 5.94. The average molecular weight is 262 g/mol. The predicted molar refractivity (Wildman–Crippen MR) is 70.9 cm³/mol. The Labute approximate surface area is 109 Å². The van der Waals surface area contributed by atoms with Crippen molar-refractivity contribution in [3.05, 3.63) is 28.0 Å². The van der Waals surface area contributed by atoms with E-state index in [-0.39, 0.29) is 5.56 Å². The number of aromatic amines is 1. The van der Waals surface area contributed by atoms with E-state index in [0.29, 0.717) is 35.9 Å². The minimum atomic E-state index is -0.158. The van der Waals surface area contributed by atoms with Gasteiger partial charge >= 0.3 is 0 Å². The number of H-pyrrole nitrogens is 1. The number of pyridine rings is 1. The summed E-state index contributed by atoms with van der Waals surface area (Å²) >= 11 is 0. The summed E-state index contributed by atoms with van der Waals surface area (Å²) in [5, 5.41) is 0.892. The molecular formula is C13H14N2O4. The van der Waals surface area contributed by atoms with E-state index in [9.17, 15) is 4.79 Å². The Bertz CT molecular complexity index is 693. The van der Waals surface area contributed by atoms with Gasteiger partial charge in [0.15, 0.2) is 11.5 Å². The van der Waals surface area contributed by atoms with Crippen molar-refractivity contribution < 1.29 is 14.3 Å². The predicted octanol–water partition coefficient (Wildman–Crippen LogP) is 1.58. The lowest BCUT2D eigenvalue weighted by Crippen LogP contribution is -2.18. The van der Waals surface area contributed by atoms with E-state index in [4.69, 9.17) is 14.3 Å². The number of fused-ring (bicyclic) bond motifs is 3.